The zero-order chi connectivity index (χ0) is 12.1. The van der Waals surface area contributed by atoms with E-state index in [1.807, 2.05) is 0 Å². The third-order valence-corrected chi connectivity index (χ3v) is 1.92. The van der Waals surface area contributed by atoms with E-state index in [0.717, 1.165) is 0 Å². The fourth-order valence-corrected chi connectivity index (χ4v) is 1.07. The Hall–Kier alpha value is -2.04. The number of phenolic OH excluding ortho intramolecular Hbond substituents is 1. The standard InChI is InChI=1S/C11H12O5/c1-3-9(12)16-8-6-4-5-7(10(8)13)11(14)15-2/h4-6,13H,3H2,1-2H3. The number of para-hydroxylation sites is 1. The van der Waals surface area contributed by atoms with Crippen LogP contribution in [0.5, 0.6) is 11.5 Å². The number of carbonyl (C=O) groups is 2. The third-order valence-electron chi connectivity index (χ3n) is 1.92. The largest absolute Gasteiger partial charge is 0.504 e. The zero-order valence-electron chi connectivity index (χ0n) is 9.02. The Kier molecular flexibility index (Phi) is 3.88. The molecule has 5 nitrogen and oxygen atoms in total. The summed E-state index contributed by atoms with van der Waals surface area (Å²) in [4.78, 5) is 22.3. The van der Waals surface area contributed by atoms with Crippen LogP contribution in [-0.2, 0) is 9.53 Å². The number of esters is 2. The summed E-state index contributed by atoms with van der Waals surface area (Å²) in [6.07, 6.45) is 0.182. The van der Waals surface area contributed by atoms with E-state index in [0.29, 0.717) is 0 Å². The molecule has 0 aromatic heterocycles. The molecule has 0 aliphatic rings. The average molecular weight is 224 g/mol. The second-order valence-corrected chi connectivity index (χ2v) is 2.97. The van der Waals surface area contributed by atoms with Crippen LogP contribution in [0.3, 0.4) is 0 Å². The minimum absolute atomic E-state index is 0.0381. The van der Waals surface area contributed by atoms with Crippen molar-refractivity contribution < 1.29 is 24.2 Å². The van der Waals surface area contributed by atoms with Gasteiger partial charge in [0, 0.05) is 6.42 Å². The van der Waals surface area contributed by atoms with Crippen molar-refractivity contribution in [3.8, 4) is 11.5 Å². The topological polar surface area (TPSA) is 72.8 Å². The van der Waals surface area contributed by atoms with Crippen LogP contribution in [0.15, 0.2) is 18.2 Å². The molecule has 0 unspecified atom stereocenters. The molecular weight excluding hydrogens is 212 g/mol. The van der Waals surface area contributed by atoms with Crippen LogP contribution in [0, 0.1) is 0 Å². The quantitative estimate of drug-likeness (QED) is 0.622. The van der Waals surface area contributed by atoms with Gasteiger partial charge in [0.05, 0.1) is 7.11 Å². The normalized spacial score (nSPS) is 9.62. The van der Waals surface area contributed by atoms with Crippen LogP contribution in [0.2, 0.25) is 0 Å². The van der Waals surface area contributed by atoms with Crippen LogP contribution in [0.4, 0.5) is 0 Å². The van der Waals surface area contributed by atoms with Crippen molar-refractivity contribution in [2.24, 2.45) is 0 Å². The van der Waals surface area contributed by atoms with E-state index < -0.39 is 17.7 Å². The molecule has 0 aliphatic carbocycles. The first-order chi connectivity index (χ1) is 7.60. The van der Waals surface area contributed by atoms with Gasteiger partial charge in [0.15, 0.2) is 11.5 Å². The molecule has 0 atom stereocenters. The number of hydrogen-bond acceptors (Lipinski definition) is 5. The molecule has 1 rings (SSSR count). The van der Waals surface area contributed by atoms with E-state index in [9.17, 15) is 14.7 Å². The highest BCUT2D eigenvalue weighted by Gasteiger charge is 2.16. The van der Waals surface area contributed by atoms with Gasteiger partial charge in [0.2, 0.25) is 0 Å². The van der Waals surface area contributed by atoms with Crippen LogP contribution in [0.25, 0.3) is 0 Å². The van der Waals surface area contributed by atoms with E-state index in [1.165, 1.54) is 25.3 Å². The van der Waals surface area contributed by atoms with E-state index in [-0.39, 0.29) is 17.7 Å². The number of rotatable bonds is 3. The van der Waals surface area contributed by atoms with Crippen molar-refractivity contribution in [1.82, 2.24) is 0 Å². The molecular formula is C11H12O5. The van der Waals surface area contributed by atoms with Gasteiger partial charge in [-0.1, -0.05) is 13.0 Å². The first-order valence-corrected chi connectivity index (χ1v) is 4.71. The predicted molar refractivity (Wildman–Crippen MR) is 55.4 cm³/mol. The lowest BCUT2D eigenvalue weighted by Gasteiger charge is -2.07. The van der Waals surface area contributed by atoms with Gasteiger partial charge in [-0.2, -0.15) is 0 Å². The number of carbonyl (C=O) groups excluding carboxylic acids is 2. The Morgan fingerprint density at radius 1 is 1.38 bits per heavy atom. The van der Waals surface area contributed by atoms with Crippen molar-refractivity contribution >= 4 is 11.9 Å². The Labute approximate surface area is 92.6 Å². The summed E-state index contributed by atoms with van der Waals surface area (Å²) in [6.45, 7) is 1.63. The van der Waals surface area contributed by atoms with Gasteiger partial charge in [-0.25, -0.2) is 4.79 Å². The second-order valence-electron chi connectivity index (χ2n) is 2.97. The van der Waals surface area contributed by atoms with Gasteiger partial charge in [-0.05, 0) is 12.1 Å². The van der Waals surface area contributed by atoms with E-state index in [2.05, 4.69) is 4.74 Å². The van der Waals surface area contributed by atoms with Crippen LogP contribution in [0.1, 0.15) is 23.7 Å². The van der Waals surface area contributed by atoms with E-state index in [4.69, 9.17) is 4.74 Å². The van der Waals surface area contributed by atoms with Crippen LogP contribution in [-0.4, -0.2) is 24.2 Å². The minimum atomic E-state index is -0.688. The lowest BCUT2D eigenvalue weighted by Crippen LogP contribution is -2.07. The molecule has 1 aromatic carbocycles. The predicted octanol–water partition coefficient (Wildman–Crippen LogP) is 1.49. The summed E-state index contributed by atoms with van der Waals surface area (Å²) in [5.74, 6) is -1.62. The number of hydrogen-bond donors (Lipinski definition) is 1. The lowest BCUT2D eigenvalue weighted by molar-refractivity contribution is -0.134. The number of methoxy groups -OCH3 is 1. The maximum absolute atomic E-state index is 11.2. The molecule has 0 saturated heterocycles. The molecule has 0 saturated carbocycles. The molecule has 0 radical (unpaired) electrons. The number of phenols is 1. The summed E-state index contributed by atoms with van der Waals surface area (Å²) >= 11 is 0. The highest BCUT2D eigenvalue weighted by Crippen LogP contribution is 2.30. The maximum Gasteiger partial charge on any atom is 0.341 e. The van der Waals surface area contributed by atoms with E-state index in [1.54, 1.807) is 6.92 Å². The van der Waals surface area contributed by atoms with Crippen molar-refractivity contribution in [3.05, 3.63) is 23.8 Å². The molecule has 0 spiro atoms. The van der Waals surface area contributed by atoms with Gasteiger partial charge in [0.1, 0.15) is 5.56 Å². The van der Waals surface area contributed by atoms with Crippen LogP contribution >= 0.6 is 0 Å². The Morgan fingerprint density at radius 2 is 2.06 bits per heavy atom. The van der Waals surface area contributed by atoms with Crippen molar-refractivity contribution in [2.75, 3.05) is 7.11 Å². The molecule has 0 amide bonds. The zero-order valence-corrected chi connectivity index (χ0v) is 9.02. The highest BCUT2D eigenvalue weighted by molar-refractivity contribution is 5.93. The SMILES string of the molecule is CCC(=O)Oc1cccc(C(=O)OC)c1O. The summed E-state index contributed by atoms with van der Waals surface area (Å²) < 4.78 is 9.30. The van der Waals surface area contributed by atoms with Gasteiger partial charge < -0.3 is 14.6 Å². The number of ether oxygens (including phenoxy) is 2. The Bertz CT molecular complexity index is 411. The van der Waals surface area contributed by atoms with Crippen LogP contribution < -0.4 is 4.74 Å². The van der Waals surface area contributed by atoms with Gasteiger partial charge in [-0.15, -0.1) is 0 Å². The monoisotopic (exact) mass is 224 g/mol. The highest BCUT2D eigenvalue weighted by atomic mass is 16.5. The van der Waals surface area contributed by atoms with Crippen molar-refractivity contribution in [2.45, 2.75) is 13.3 Å². The summed E-state index contributed by atoms with van der Waals surface area (Å²) in [6, 6.07) is 4.27. The Morgan fingerprint density at radius 3 is 2.62 bits per heavy atom. The first-order valence-electron chi connectivity index (χ1n) is 4.71. The minimum Gasteiger partial charge on any atom is -0.504 e. The summed E-state index contributed by atoms with van der Waals surface area (Å²) in [7, 11) is 1.20. The molecule has 0 fully saturated rings. The van der Waals surface area contributed by atoms with E-state index >= 15 is 0 Å². The fraction of sp³-hybridized carbons (Fsp3) is 0.273. The maximum atomic E-state index is 11.2. The second kappa shape index (κ2) is 5.16. The van der Waals surface area contributed by atoms with Gasteiger partial charge in [0.25, 0.3) is 0 Å². The number of benzene rings is 1. The summed E-state index contributed by atoms with van der Waals surface area (Å²) in [5, 5.41) is 9.66. The molecule has 0 heterocycles. The third kappa shape index (κ3) is 2.50. The summed E-state index contributed by atoms with van der Waals surface area (Å²) in [5.41, 5.74) is -0.0381. The molecule has 16 heavy (non-hydrogen) atoms. The molecule has 1 aromatic rings. The fourth-order valence-electron chi connectivity index (χ4n) is 1.07. The molecule has 86 valence electrons. The molecule has 0 bridgehead atoms. The Balaban J connectivity index is 3.04. The lowest BCUT2D eigenvalue weighted by atomic mass is 10.2. The molecule has 0 aliphatic heterocycles. The van der Waals surface area contributed by atoms with Gasteiger partial charge in [-0.3, -0.25) is 4.79 Å². The first kappa shape index (κ1) is 12.0. The molecule has 1 N–H and O–H groups in total. The van der Waals surface area contributed by atoms with Crippen molar-refractivity contribution in [3.63, 3.8) is 0 Å². The van der Waals surface area contributed by atoms with Crippen molar-refractivity contribution in [1.29, 1.82) is 0 Å². The number of aromatic hydroxyl groups is 1. The smallest absolute Gasteiger partial charge is 0.341 e. The average Bonchev–Trinajstić information content (AvgIpc) is 2.30. The molecule has 5 heteroatoms. The van der Waals surface area contributed by atoms with Gasteiger partial charge >= 0.3 is 11.9 Å².